The number of hydrazone groups is 1. The number of thioether (sulfide) groups is 1. The van der Waals surface area contributed by atoms with Crippen LogP contribution >= 0.6 is 23.4 Å². The molecule has 0 atom stereocenters. The second-order valence-corrected chi connectivity index (χ2v) is 10.3. The van der Waals surface area contributed by atoms with Gasteiger partial charge >= 0.3 is 0 Å². The van der Waals surface area contributed by atoms with Crippen molar-refractivity contribution < 1.29 is 17.9 Å². The fourth-order valence-corrected chi connectivity index (χ4v) is 4.32. The van der Waals surface area contributed by atoms with Crippen LogP contribution in [-0.2, 0) is 14.8 Å². The topological polar surface area (TPSA) is 88.1 Å². The van der Waals surface area contributed by atoms with Crippen molar-refractivity contribution in [2.24, 2.45) is 5.10 Å². The van der Waals surface area contributed by atoms with Crippen molar-refractivity contribution in [3.05, 3.63) is 58.6 Å². The van der Waals surface area contributed by atoms with Gasteiger partial charge in [-0.05, 0) is 54.4 Å². The largest absolute Gasteiger partial charge is 0.489 e. The molecular weight excluding hydrogens is 446 g/mol. The molecule has 2 aromatic carbocycles. The van der Waals surface area contributed by atoms with Gasteiger partial charge in [-0.2, -0.15) is 16.9 Å². The number of nitrogens with zero attached hydrogens (tertiary/aromatic N) is 2. The Balaban J connectivity index is 1.60. The number of amides is 1. The van der Waals surface area contributed by atoms with Gasteiger partial charge in [0.05, 0.1) is 18.2 Å². The molecule has 160 valence electrons. The Morgan fingerprint density at radius 2 is 2.00 bits per heavy atom. The van der Waals surface area contributed by atoms with Crippen LogP contribution in [0.1, 0.15) is 11.1 Å². The molecule has 0 aliphatic carbocycles. The van der Waals surface area contributed by atoms with Crippen molar-refractivity contribution in [2.45, 2.75) is 13.0 Å². The molecule has 1 N–H and O–H groups in total. The normalized spacial score (nSPS) is 14.4. The van der Waals surface area contributed by atoms with Gasteiger partial charge in [-0.1, -0.05) is 17.7 Å². The maximum absolute atomic E-state index is 12.3. The van der Waals surface area contributed by atoms with Crippen LogP contribution in [0.2, 0.25) is 5.02 Å². The molecule has 7 nitrogen and oxygen atoms in total. The van der Waals surface area contributed by atoms with Gasteiger partial charge in [0.1, 0.15) is 18.4 Å². The Labute approximate surface area is 185 Å². The molecule has 10 heteroatoms. The number of hydrogen-bond donors (Lipinski definition) is 1. The third kappa shape index (κ3) is 6.13. The van der Waals surface area contributed by atoms with Crippen LogP contribution < -0.4 is 14.5 Å². The molecule has 0 saturated carbocycles. The molecule has 1 saturated heterocycles. The van der Waals surface area contributed by atoms with Gasteiger partial charge in [0.2, 0.25) is 10.0 Å². The van der Waals surface area contributed by atoms with Crippen LogP contribution in [0, 0.1) is 6.92 Å². The van der Waals surface area contributed by atoms with Gasteiger partial charge in [-0.3, -0.25) is 9.10 Å². The van der Waals surface area contributed by atoms with Crippen molar-refractivity contribution in [1.82, 2.24) is 5.43 Å². The van der Waals surface area contributed by atoms with Gasteiger partial charge in [0, 0.05) is 16.5 Å². The van der Waals surface area contributed by atoms with Gasteiger partial charge in [0.25, 0.3) is 5.91 Å². The molecule has 0 spiro atoms. The zero-order valence-corrected chi connectivity index (χ0v) is 18.9. The first-order valence-electron chi connectivity index (χ1n) is 9.12. The highest BCUT2D eigenvalue weighted by Gasteiger charge is 2.22. The Bertz CT molecular complexity index is 1040. The summed E-state index contributed by atoms with van der Waals surface area (Å²) >= 11 is 7.85. The van der Waals surface area contributed by atoms with Gasteiger partial charge in [-0.15, -0.1) is 0 Å². The molecule has 1 amide bonds. The summed E-state index contributed by atoms with van der Waals surface area (Å²) in [7, 11) is -3.70. The number of halogens is 1. The number of benzene rings is 2. The number of anilines is 1. The minimum Gasteiger partial charge on any atom is -0.489 e. The Hall–Kier alpha value is -2.23. The third-order valence-electron chi connectivity index (χ3n) is 4.32. The lowest BCUT2D eigenvalue weighted by Crippen LogP contribution is -2.39. The van der Waals surface area contributed by atoms with Crippen LogP contribution in [-0.4, -0.2) is 50.9 Å². The summed E-state index contributed by atoms with van der Waals surface area (Å²) in [5, 5.41) is 4.29. The minimum atomic E-state index is -3.70. The highest BCUT2D eigenvalue weighted by Crippen LogP contribution is 2.26. The molecule has 0 unspecified atom stereocenters. The lowest BCUT2D eigenvalue weighted by Gasteiger charge is -2.25. The molecule has 0 radical (unpaired) electrons. The first kappa shape index (κ1) is 22.5. The lowest BCUT2D eigenvalue weighted by molar-refractivity contribution is -0.119. The van der Waals surface area contributed by atoms with E-state index in [1.165, 1.54) is 12.3 Å². The molecule has 3 rings (SSSR count). The van der Waals surface area contributed by atoms with E-state index in [0.29, 0.717) is 16.3 Å². The van der Waals surface area contributed by atoms with E-state index in [-0.39, 0.29) is 6.10 Å². The second kappa shape index (κ2) is 9.72. The monoisotopic (exact) mass is 467 g/mol. The van der Waals surface area contributed by atoms with E-state index in [1.54, 1.807) is 19.1 Å². The van der Waals surface area contributed by atoms with Gasteiger partial charge in [-0.25, -0.2) is 13.8 Å². The van der Waals surface area contributed by atoms with E-state index < -0.39 is 22.5 Å². The molecule has 0 bridgehead atoms. The SMILES string of the molecule is Cc1ccc(Cl)cc1N(CC(=O)NN=Cc1ccc(OC2CSC2)cc1)S(C)(=O)=O. The maximum Gasteiger partial charge on any atom is 0.260 e. The predicted molar refractivity (Wildman–Crippen MR) is 122 cm³/mol. The maximum atomic E-state index is 12.3. The number of ether oxygens (including phenoxy) is 1. The smallest absolute Gasteiger partial charge is 0.260 e. The molecule has 2 aromatic rings. The zero-order valence-electron chi connectivity index (χ0n) is 16.5. The van der Waals surface area contributed by atoms with E-state index in [2.05, 4.69) is 10.5 Å². The van der Waals surface area contributed by atoms with Crippen molar-refractivity contribution >= 4 is 51.2 Å². The number of nitrogens with one attached hydrogen (secondary N) is 1. The standard InChI is InChI=1S/C20H22ClN3O4S2/c1-14-3-6-16(21)9-19(14)24(30(2,26)27)11-20(25)23-22-10-15-4-7-17(8-5-15)28-18-12-29-13-18/h3-10,18H,11-13H2,1-2H3,(H,23,25). The summed E-state index contributed by atoms with van der Waals surface area (Å²) in [6.45, 7) is 1.33. The second-order valence-electron chi connectivity index (χ2n) is 6.84. The zero-order chi connectivity index (χ0) is 21.7. The predicted octanol–water partition coefficient (Wildman–Crippen LogP) is 3.06. The molecule has 1 heterocycles. The van der Waals surface area contributed by atoms with Gasteiger partial charge < -0.3 is 4.74 Å². The van der Waals surface area contributed by atoms with Crippen LogP contribution in [0.15, 0.2) is 47.6 Å². The summed E-state index contributed by atoms with van der Waals surface area (Å²) in [5.74, 6) is 2.24. The number of hydrogen-bond acceptors (Lipinski definition) is 6. The number of rotatable bonds is 8. The van der Waals surface area contributed by atoms with Crippen molar-refractivity contribution in [3.63, 3.8) is 0 Å². The third-order valence-corrected chi connectivity index (χ3v) is 6.90. The van der Waals surface area contributed by atoms with Crippen LogP contribution in [0.25, 0.3) is 0 Å². The van der Waals surface area contributed by atoms with E-state index in [4.69, 9.17) is 16.3 Å². The summed E-state index contributed by atoms with van der Waals surface area (Å²) in [4.78, 5) is 12.3. The first-order chi connectivity index (χ1) is 14.2. The summed E-state index contributed by atoms with van der Waals surface area (Å²) in [6, 6.07) is 12.2. The van der Waals surface area contributed by atoms with Crippen molar-refractivity contribution in [2.75, 3.05) is 28.6 Å². The van der Waals surface area contributed by atoms with E-state index >= 15 is 0 Å². The number of carbonyl (C=O) groups excluding carboxylic acids is 1. The van der Waals surface area contributed by atoms with Crippen LogP contribution in [0.4, 0.5) is 5.69 Å². The molecule has 1 aliphatic rings. The molecule has 30 heavy (non-hydrogen) atoms. The lowest BCUT2D eigenvalue weighted by atomic mass is 10.2. The number of aryl methyl sites for hydroxylation is 1. The van der Waals surface area contributed by atoms with E-state index in [1.807, 2.05) is 36.0 Å². The van der Waals surface area contributed by atoms with Gasteiger partial charge in [0.15, 0.2) is 0 Å². The first-order valence-corrected chi connectivity index (χ1v) is 12.5. The van der Waals surface area contributed by atoms with E-state index in [9.17, 15) is 13.2 Å². The Morgan fingerprint density at radius 3 is 2.60 bits per heavy atom. The highest BCUT2D eigenvalue weighted by molar-refractivity contribution is 8.00. The van der Waals surface area contributed by atoms with E-state index in [0.717, 1.165) is 33.4 Å². The summed E-state index contributed by atoms with van der Waals surface area (Å²) in [6.07, 6.45) is 2.79. The summed E-state index contributed by atoms with van der Waals surface area (Å²) in [5.41, 5.74) is 4.17. The fraction of sp³-hybridized carbons (Fsp3) is 0.300. The molecular formula is C20H22ClN3O4S2. The highest BCUT2D eigenvalue weighted by atomic mass is 35.5. The van der Waals surface area contributed by atoms with Crippen LogP contribution in [0.3, 0.4) is 0 Å². The Morgan fingerprint density at radius 1 is 1.30 bits per heavy atom. The molecule has 1 aliphatic heterocycles. The van der Waals surface area contributed by atoms with Crippen molar-refractivity contribution in [3.8, 4) is 5.75 Å². The average molecular weight is 468 g/mol. The summed E-state index contributed by atoms with van der Waals surface area (Å²) < 4.78 is 31.2. The molecule has 0 aromatic heterocycles. The molecule has 1 fully saturated rings. The average Bonchev–Trinajstić information content (AvgIpc) is 2.65. The Kier molecular flexibility index (Phi) is 7.27. The quantitative estimate of drug-likeness (QED) is 0.476. The fourth-order valence-electron chi connectivity index (χ4n) is 2.68. The minimum absolute atomic E-state index is 0.273. The van der Waals surface area contributed by atoms with Crippen LogP contribution in [0.5, 0.6) is 5.75 Å². The van der Waals surface area contributed by atoms with Crippen molar-refractivity contribution in [1.29, 1.82) is 0 Å². The number of carbonyl (C=O) groups is 1. The number of sulfonamides is 1.